The number of ether oxygens (including phenoxy) is 1. The normalized spacial score (nSPS) is 12.6. The lowest BCUT2D eigenvalue weighted by atomic mass is 10.0. The van der Waals surface area contributed by atoms with Crippen LogP contribution in [0.3, 0.4) is 0 Å². The summed E-state index contributed by atoms with van der Waals surface area (Å²) in [6.45, 7) is 1.41. The fraction of sp³-hybridized carbons (Fsp3) is 0.263. The lowest BCUT2D eigenvalue weighted by Gasteiger charge is -2.15. The molecule has 0 bridgehead atoms. The summed E-state index contributed by atoms with van der Waals surface area (Å²) in [4.78, 5) is 35.4. The quantitative estimate of drug-likeness (QED) is 0.370. The Balaban J connectivity index is 1.56. The van der Waals surface area contributed by atoms with Crippen LogP contribution in [0.15, 0.2) is 30.5 Å². The number of aromatic amines is 2. The van der Waals surface area contributed by atoms with Crippen LogP contribution in [0.25, 0.3) is 16.9 Å². The number of para-hydroxylation sites is 1. The monoisotopic (exact) mass is 462 g/mol. The number of benzene rings is 1. The van der Waals surface area contributed by atoms with Crippen LogP contribution in [0.2, 0.25) is 0 Å². The van der Waals surface area contributed by atoms with Crippen LogP contribution >= 0.6 is 0 Å². The molecule has 0 aliphatic rings. The number of halogens is 3. The first-order valence-electron chi connectivity index (χ1n) is 9.54. The summed E-state index contributed by atoms with van der Waals surface area (Å²) in [6.07, 6.45) is -2.88. The SMILES string of the molecule is COC(=O)[C@H](Cc1c[nH]c2ccccc12)NC(=O)c1nc(C)n(-c2n[nH]c(C(F)(F)F)n2)n1. The van der Waals surface area contributed by atoms with E-state index < -0.39 is 35.9 Å². The number of methoxy groups -OCH3 is 1. The maximum Gasteiger partial charge on any atom is 0.451 e. The summed E-state index contributed by atoms with van der Waals surface area (Å²) >= 11 is 0. The third kappa shape index (κ3) is 4.40. The van der Waals surface area contributed by atoms with E-state index in [1.54, 1.807) is 11.3 Å². The molecule has 0 fully saturated rings. The second-order valence-corrected chi connectivity index (χ2v) is 6.99. The topological polar surface area (TPSA) is 143 Å². The zero-order valence-electron chi connectivity index (χ0n) is 17.3. The first-order valence-corrected chi connectivity index (χ1v) is 9.54. The summed E-state index contributed by atoms with van der Waals surface area (Å²) in [5.74, 6) is -3.57. The minimum atomic E-state index is -4.73. The third-order valence-electron chi connectivity index (χ3n) is 4.79. The van der Waals surface area contributed by atoms with Gasteiger partial charge < -0.3 is 15.0 Å². The van der Waals surface area contributed by atoms with E-state index in [-0.39, 0.29) is 18.1 Å². The van der Waals surface area contributed by atoms with Gasteiger partial charge in [-0.05, 0) is 18.6 Å². The average molecular weight is 462 g/mol. The van der Waals surface area contributed by atoms with Crippen molar-refractivity contribution in [2.24, 2.45) is 0 Å². The largest absolute Gasteiger partial charge is 0.467 e. The molecule has 11 nitrogen and oxygen atoms in total. The van der Waals surface area contributed by atoms with Gasteiger partial charge in [0.25, 0.3) is 11.9 Å². The summed E-state index contributed by atoms with van der Waals surface area (Å²) in [7, 11) is 1.19. The van der Waals surface area contributed by atoms with Crippen molar-refractivity contribution in [2.75, 3.05) is 7.11 Å². The van der Waals surface area contributed by atoms with E-state index in [1.165, 1.54) is 14.0 Å². The van der Waals surface area contributed by atoms with Crippen LogP contribution in [-0.4, -0.2) is 60.0 Å². The van der Waals surface area contributed by atoms with Crippen LogP contribution in [0.5, 0.6) is 0 Å². The van der Waals surface area contributed by atoms with Gasteiger partial charge in [0.1, 0.15) is 11.9 Å². The molecule has 0 unspecified atom stereocenters. The summed E-state index contributed by atoms with van der Waals surface area (Å²) in [6, 6.07) is 6.39. The number of nitrogens with zero attached hydrogens (tertiary/aromatic N) is 5. The third-order valence-corrected chi connectivity index (χ3v) is 4.79. The molecule has 3 heterocycles. The van der Waals surface area contributed by atoms with E-state index in [4.69, 9.17) is 4.74 Å². The number of rotatable bonds is 6. The van der Waals surface area contributed by atoms with Crippen LogP contribution < -0.4 is 5.32 Å². The van der Waals surface area contributed by atoms with E-state index in [1.807, 2.05) is 24.3 Å². The number of H-pyrrole nitrogens is 2. The van der Waals surface area contributed by atoms with Gasteiger partial charge in [-0.25, -0.2) is 9.78 Å². The maximum absolute atomic E-state index is 12.8. The van der Waals surface area contributed by atoms with Crippen molar-refractivity contribution in [2.45, 2.75) is 25.6 Å². The summed E-state index contributed by atoms with van der Waals surface area (Å²) in [5.41, 5.74) is 1.64. The molecule has 0 spiro atoms. The highest BCUT2D eigenvalue weighted by Crippen LogP contribution is 2.26. The van der Waals surface area contributed by atoms with Crippen molar-refractivity contribution in [1.82, 2.24) is 40.2 Å². The highest BCUT2D eigenvalue weighted by atomic mass is 19.4. The summed E-state index contributed by atoms with van der Waals surface area (Å²) in [5, 5.41) is 12.5. The standard InChI is InChI=1S/C19H17F3N8O3/c1-9-24-14(29-30(9)18-26-17(27-28-18)19(20,21)22)15(31)25-13(16(32)33-2)7-10-8-23-12-6-4-3-5-11(10)12/h3-6,8,13,23H,7H2,1-2H3,(H,25,31)(H,26,27,28)/t13-/m0/s1. The predicted octanol–water partition coefficient (Wildman–Crippen LogP) is 1.71. The molecule has 0 saturated carbocycles. The van der Waals surface area contributed by atoms with Crippen molar-refractivity contribution < 1.29 is 27.5 Å². The molecule has 33 heavy (non-hydrogen) atoms. The first kappa shape index (κ1) is 22.0. The van der Waals surface area contributed by atoms with E-state index >= 15 is 0 Å². The fourth-order valence-electron chi connectivity index (χ4n) is 3.23. The molecule has 0 radical (unpaired) electrons. The number of hydrogen-bond acceptors (Lipinski definition) is 7. The number of carbonyl (C=O) groups is 2. The van der Waals surface area contributed by atoms with Gasteiger partial charge in [0.15, 0.2) is 0 Å². The first-order chi connectivity index (χ1) is 15.7. The molecule has 0 saturated heterocycles. The Labute approximate surface area is 183 Å². The Hall–Kier alpha value is -4.23. The molecule has 4 rings (SSSR count). The second kappa shape index (κ2) is 8.37. The molecule has 14 heteroatoms. The smallest absolute Gasteiger partial charge is 0.451 e. The van der Waals surface area contributed by atoms with E-state index in [2.05, 4.69) is 30.5 Å². The van der Waals surface area contributed by atoms with Crippen molar-refractivity contribution in [3.05, 3.63) is 53.5 Å². The van der Waals surface area contributed by atoms with E-state index in [9.17, 15) is 22.8 Å². The molecular weight excluding hydrogens is 445 g/mol. The minimum Gasteiger partial charge on any atom is -0.467 e. The highest BCUT2D eigenvalue weighted by molar-refractivity contribution is 5.94. The highest BCUT2D eigenvalue weighted by Gasteiger charge is 2.36. The van der Waals surface area contributed by atoms with Crippen LogP contribution in [0.4, 0.5) is 13.2 Å². The van der Waals surface area contributed by atoms with Crippen molar-refractivity contribution >= 4 is 22.8 Å². The minimum absolute atomic E-state index is 0.0686. The molecule has 172 valence electrons. The second-order valence-electron chi connectivity index (χ2n) is 6.99. The Kier molecular flexibility index (Phi) is 5.57. The molecule has 0 aliphatic carbocycles. The van der Waals surface area contributed by atoms with Gasteiger partial charge in [0, 0.05) is 23.5 Å². The van der Waals surface area contributed by atoms with E-state index in [0.29, 0.717) is 0 Å². The van der Waals surface area contributed by atoms with Crippen LogP contribution in [0.1, 0.15) is 27.8 Å². The number of nitrogens with one attached hydrogen (secondary N) is 3. The molecule has 1 amide bonds. The number of carbonyl (C=O) groups excluding carboxylic acids is 2. The number of esters is 1. The molecule has 0 aliphatic heterocycles. The summed E-state index contributed by atoms with van der Waals surface area (Å²) < 4.78 is 44.0. The van der Waals surface area contributed by atoms with Crippen molar-refractivity contribution in [3.8, 4) is 5.95 Å². The number of aryl methyl sites for hydroxylation is 1. The van der Waals surface area contributed by atoms with Crippen LogP contribution in [0, 0.1) is 6.92 Å². The van der Waals surface area contributed by atoms with Gasteiger partial charge in [0.05, 0.1) is 7.11 Å². The Morgan fingerprint density at radius 3 is 2.70 bits per heavy atom. The molecule has 3 aromatic heterocycles. The molecule has 3 N–H and O–H groups in total. The van der Waals surface area contributed by atoms with E-state index in [0.717, 1.165) is 21.1 Å². The number of hydrogen-bond donors (Lipinski definition) is 3. The number of fused-ring (bicyclic) bond motifs is 1. The van der Waals surface area contributed by atoms with Gasteiger partial charge in [-0.2, -0.15) is 22.8 Å². The Morgan fingerprint density at radius 1 is 1.24 bits per heavy atom. The zero-order valence-corrected chi connectivity index (χ0v) is 17.3. The fourth-order valence-corrected chi connectivity index (χ4v) is 3.23. The number of amides is 1. The van der Waals surface area contributed by atoms with Gasteiger partial charge in [-0.15, -0.1) is 10.2 Å². The van der Waals surface area contributed by atoms with Crippen molar-refractivity contribution in [1.29, 1.82) is 0 Å². The lowest BCUT2D eigenvalue weighted by molar-refractivity contribution is -0.145. The zero-order chi connectivity index (χ0) is 23.8. The van der Waals surface area contributed by atoms with Crippen molar-refractivity contribution in [3.63, 3.8) is 0 Å². The molecule has 1 atom stereocenters. The lowest BCUT2D eigenvalue weighted by Crippen LogP contribution is -2.43. The average Bonchev–Trinajstić information content (AvgIpc) is 3.50. The Morgan fingerprint density at radius 2 is 2.00 bits per heavy atom. The van der Waals surface area contributed by atoms with Gasteiger partial charge in [0.2, 0.25) is 11.6 Å². The molecular formula is C19H17F3N8O3. The number of alkyl halides is 3. The van der Waals surface area contributed by atoms with Gasteiger partial charge in [-0.1, -0.05) is 18.2 Å². The number of aromatic nitrogens is 7. The van der Waals surface area contributed by atoms with Gasteiger partial charge >= 0.3 is 12.1 Å². The van der Waals surface area contributed by atoms with Crippen LogP contribution in [-0.2, 0) is 22.1 Å². The predicted molar refractivity (Wildman–Crippen MR) is 106 cm³/mol. The molecule has 1 aromatic carbocycles. The van der Waals surface area contributed by atoms with Gasteiger partial charge in [-0.3, -0.25) is 9.89 Å². The molecule has 4 aromatic rings. The Bertz CT molecular complexity index is 1320. The maximum atomic E-state index is 12.8.